The van der Waals surface area contributed by atoms with Crippen molar-refractivity contribution in [1.29, 1.82) is 0 Å². The summed E-state index contributed by atoms with van der Waals surface area (Å²) in [5, 5.41) is 10.7. The van der Waals surface area contributed by atoms with E-state index in [0.717, 1.165) is 18.2 Å². The summed E-state index contributed by atoms with van der Waals surface area (Å²) in [4.78, 5) is 19.4. The van der Waals surface area contributed by atoms with Crippen molar-refractivity contribution in [3.63, 3.8) is 0 Å². The SMILES string of the molecule is CCCN(C(=O)N1CC(c2cc(F)ccc2F)=C[C@@]1(CO)c1ccccc1)C1CCN(C)CC(F)C1. The van der Waals surface area contributed by atoms with Gasteiger partial charge in [0.05, 0.1) is 6.61 Å². The minimum absolute atomic E-state index is 0.0133. The van der Waals surface area contributed by atoms with Crippen LogP contribution in [0.3, 0.4) is 0 Å². The van der Waals surface area contributed by atoms with Crippen LogP contribution in [0, 0.1) is 11.6 Å². The van der Waals surface area contributed by atoms with Gasteiger partial charge in [0.15, 0.2) is 0 Å². The first-order valence-corrected chi connectivity index (χ1v) is 12.5. The number of alkyl halides is 1. The van der Waals surface area contributed by atoms with E-state index in [2.05, 4.69) is 0 Å². The van der Waals surface area contributed by atoms with Gasteiger partial charge in [0.1, 0.15) is 23.3 Å². The number of rotatable bonds is 6. The Balaban J connectivity index is 1.77. The Morgan fingerprint density at radius 3 is 2.64 bits per heavy atom. The van der Waals surface area contributed by atoms with Crippen molar-refractivity contribution in [2.24, 2.45) is 0 Å². The highest BCUT2D eigenvalue weighted by atomic mass is 19.1. The molecule has 3 atom stereocenters. The van der Waals surface area contributed by atoms with E-state index in [4.69, 9.17) is 0 Å². The van der Waals surface area contributed by atoms with Gasteiger partial charge in [-0.2, -0.15) is 0 Å². The molecule has 2 heterocycles. The molecule has 1 saturated heterocycles. The number of hydrogen-bond acceptors (Lipinski definition) is 3. The average Bonchev–Trinajstić information content (AvgIpc) is 3.19. The minimum atomic E-state index is -1.27. The van der Waals surface area contributed by atoms with E-state index in [1.165, 1.54) is 4.90 Å². The zero-order valence-electron chi connectivity index (χ0n) is 20.8. The van der Waals surface area contributed by atoms with Gasteiger partial charge in [-0.25, -0.2) is 18.0 Å². The highest BCUT2D eigenvalue weighted by molar-refractivity contribution is 5.84. The van der Waals surface area contributed by atoms with Crippen molar-refractivity contribution < 1.29 is 23.1 Å². The Kier molecular flexibility index (Phi) is 8.05. The maximum atomic E-state index is 14.8. The predicted molar refractivity (Wildman–Crippen MR) is 134 cm³/mol. The second-order valence-electron chi connectivity index (χ2n) is 9.84. The lowest BCUT2D eigenvalue weighted by Crippen LogP contribution is -2.56. The summed E-state index contributed by atoms with van der Waals surface area (Å²) in [6.45, 7) is 2.92. The molecule has 2 aromatic carbocycles. The lowest BCUT2D eigenvalue weighted by atomic mass is 9.89. The van der Waals surface area contributed by atoms with Gasteiger partial charge in [-0.3, -0.25) is 0 Å². The molecule has 4 rings (SSSR count). The molecular weight excluding hydrogens is 467 g/mol. The fourth-order valence-corrected chi connectivity index (χ4v) is 5.46. The van der Waals surface area contributed by atoms with Crippen molar-refractivity contribution in [3.05, 3.63) is 77.4 Å². The summed E-state index contributed by atoms with van der Waals surface area (Å²) in [7, 11) is 1.87. The van der Waals surface area contributed by atoms with Crippen LogP contribution in [-0.2, 0) is 5.54 Å². The molecule has 5 nitrogen and oxygen atoms in total. The number of likely N-dealkylation sites (tertiary alicyclic amines) is 1. The number of halogens is 3. The third kappa shape index (κ3) is 5.15. The van der Waals surface area contributed by atoms with Gasteiger partial charge in [0.25, 0.3) is 0 Å². The Bertz CT molecular complexity index is 1100. The summed E-state index contributed by atoms with van der Waals surface area (Å²) in [6.07, 6.45) is 2.16. The van der Waals surface area contributed by atoms with Gasteiger partial charge in [-0.05, 0) is 61.8 Å². The molecule has 2 amide bonds. The van der Waals surface area contributed by atoms with Crippen LogP contribution < -0.4 is 0 Å². The molecule has 0 radical (unpaired) electrons. The molecule has 1 fully saturated rings. The molecule has 2 aromatic rings. The minimum Gasteiger partial charge on any atom is -0.393 e. The molecule has 2 aliphatic heterocycles. The predicted octanol–water partition coefficient (Wildman–Crippen LogP) is 4.82. The zero-order chi connectivity index (χ0) is 25.9. The quantitative estimate of drug-likeness (QED) is 0.618. The fourth-order valence-electron chi connectivity index (χ4n) is 5.46. The molecule has 36 heavy (non-hydrogen) atoms. The van der Waals surface area contributed by atoms with E-state index in [1.54, 1.807) is 23.1 Å². The standard InChI is InChI=1S/C28H34F3N3O2/c1-3-12-33(24-11-13-32(2)18-23(30)14-24)27(36)34-17-20(25-15-22(29)9-10-26(25)31)16-28(34,19-35)21-7-5-4-6-8-21/h4-10,15-16,23-24,35H,3,11-14,17-19H2,1-2H3/t23?,24?,28-/m1/s1. The third-order valence-corrected chi connectivity index (χ3v) is 7.28. The number of hydrogen-bond donors (Lipinski definition) is 1. The van der Waals surface area contributed by atoms with E-state index in [-0.39, 0.29) is 30.6 Å². The Morgan fingerprint density at radius 1 is 1.19 bits per heavy atom. The summed E-state index contributed by atoms with van der Waals surface area (Å²) in [5.41, 5.74) is -0.137. The molecule has 0 aliphatic carbocycles. The van der Waals surface area contributed by atoms with Gasteiger partial charge in [0, 0.05) is 37.7 Å². The van der Waals surface area contributed by atoms with Crippen molar-refractivity contribution in [2.45, 2.75) is 43.9 Å². The van der Waals surface area contributed by atoms with E-state index in [9.17, 15) is 23.1 Å². The smallest absolute Gasteiger partial charge is 0.321 e. The van der Waals surface area contributed by atoms with Crippen LogP contribution in [0.1, 0.15) is 37.3 Å². The first-order chi connectivity index (χ1) is 17.3. The average molecular weight is 502 g/mol. The fraction of sp³-hybridized carbons (Fsp3) is 0.464. The number of nitrogens with zero attached hydrogens (tertiary/aromatic N) is 3. The Hall–Kier alpha value is -2.84. The van der Waals surface area contributed by atoms with Crippen molar-refractivity contribution in [2.75, 3.05) is 39.8 Å². The van der Waals surface area contributed by atoms with Crippen LogP contribution in [-0.4, -0.2) is 77.9 Å². The third-order valence-electron chi connectivity index (χ3n) is 7.28. The largest absolute Gasteiger partial charge is 0.393 e. The number of benzene rings is 2. The molecule has 8 heteroatoms. The summed E-state index contributed by atoms with van der Waals surface area (Å²) >= 11 is 0. The molecule has 194 valence electrons. The first kappa shape index (κ1) is 26.2. The zero-order valence-corrected chi connectivity index (χ0v) is 20.8. The van der Waals surface area contributed by atoms with Gasteiger partial charge in [0.2, 0.25) is 0 Å². The van der Waals surface area contributed by atoms with E-state index in [0.29, 0.717) is 43.6 Å². The molecule has 2 unspecified atom stereocenters. The maximum absolute atomic E-state index is 14.8. The maximum Gasteiger partial charge on any atom is 0.321 e. The van der Waals surface area contributed by atoms with Crippen LogP contribution in [0.2, 0.25) is 0 Å². The number of aliphatic hydroxyl groups excluding tert-OH is 1. The summed E-state index contributed by atoms with van der Waals surface area (Å²) < 4.78 is 43.5. The Labute approximate surface area is 210 Å². The lowest BCUT2D eigenvalue weighted by Gasteiger charge is -2.42. The second kappa shape index (κ2) is 11.0. The topological polar surface area (TPSA) is 47.0 Å². The summed E-state index contributed by atoms with van der Waals surface area (Å²) in [5.74, 6) is -1.19. The van der Waals surface area contributed by atoms with E-state index < -0.39 is 30.0 Å². The highest BCUT2D eigenvalue weighted by Crippen LogP contribution is 2.42. The van der Waals surface area contributed by atoms with Gasteiger partial charge in [-0.1, -0.05) is 37.3 Å². The number of carbonyl (C=O) groups is 1. The van der Waals surface area contributed by atoms with Gasteiger partial charge >= 0.3 is 6.03 Å². The summed E-state index contributed by atoms with van der Waals surface area (Å²) in [6, 6.07) is 11.6. The number of amides is 2. The first-order valence-electron chi connectivity index (χ1n) is 12.5. The molecule has 0 saturated carbocycles. The normalized spacial score (nSPS) is 24.9. The second-order valence-corrected chi connectivity index (χ2v) is 9.84. The lowest BCUT2D eigenvalue weighted by molar-refractivity contribution is 0.0685. The molecular formula is C28H34F3N3O2. The Morgan fingerprint density at radius 2 is 1.94 bits per heavy atom. The van der Waals surface area contributed by atoms with Crippen LogP contribution in [0.15, 0.2) is 54.6 Å². The molecule has 0 spiro atoms. The van der Waals surface area contributed by atoms with Crippen molar-refractivity contribution in [1.82, 2.24) is 14.7 Å². The van der Waals surface area contributed by atoms with Crippen LogP contribution >= 0.6 is 0 Å². The van der Waals surface area contributed by atoms with Crippen LogP contribution in [0.5, 0.6) is 0 Å². The van der Waals surface area contributed by atoms with Crippen LogP contribution in [0.25, 0.3) is 5.57 Å². The molecule has 0 bridgehead atoms. The number of aliphatic hydroxyl groups is 1. The van der Waals surface area contributed by atoms with Gasteiger partial charge < -0.3 is 19.8 Å². The number of urea groups is 1. The molecule has 2 aliphatic rings. The van der Waals surface area contributed by atoms with Gasteiger partial charge in [-0.15, -0.1) is 0 Å². The molecule has 1 N–H and O–H groups in total. The van der Waals surface area contributed by atoms with Crippen LogP contribution in [0.4, 0.5) is 18.0 Å². The molecule has 0 aromatic heterocycles. The highest BCUT2D eigenvalue weighted by Gasteiger charge is 2.47. The number of carbonyl (C=O) groups excluding carboxylic acids is 1. The van der Waals surface area contributed by atoms with E-state index in [1.807, 2.05) is 37.1 Å². The monoisotopic (exact) mass is 501 g/mol. The van der Waals surface area contributed by atoms with Crippen molar-refractivity contribution in [3.8, 4) is 0 Å². The van der Waals surface area contributed by atoms with Crippen molar-refractivity contribution >= 4 is 11.6 Å². The van der Waals surface area contributed by atoms with E-state index >= 15 is 0 Å².